The third kappa shape index (κ3) is 5.29. The number of rotatable bonds is 6. The Labute approximate surface area is 329 Å². The highest BCUT2D eigenvalue weighted by Gasteiger charge is 2.21. The summed E-state index contributed by atoms with van der Waals surface area (Å²) in [6.07, 6.45) is 0. The monoisotopic (exact) mass is 721 g/mol. The quantitative estimate of drug-likeness (QED) is 0.172. The predicted octanol–water partition coefficient (Wildman–Crippen LogP) is 13.2. The van der Waals surface area contributed by atoms with Crippen LogP contribution < -0.4 is 0 Å². The molecule has 0 aliphatic heterocycles. The fraction of sp³-hybridized carbons (Fsp3) is 0. The smallest absolute Gasteiger partial charge is 0.164 e. The molecule has 0 saturated heterocycles. The first-order valence-corrected chi connectivity index (χ1v) is 18.4. The number of hydrogen-bond acceptors (Lipinski definition) is 4. The summed E-state index contributed by atoms with van der Waals surface area (Å²) in [7, 11) is 0. The lowest BCUT2D eigenvalue weighted by molar-refractivity contribution is 0.670. The Kier molecular flexibility index (Phi) is 6.29. The second-order valence-electron chi connectivity index (χ2n) is 13.6. The van der Waals surface area contributed by atoms with Crippen molar-refractivity contribution in [3.63, 3.8) is 0 Å². The van der Waals surface area contributed by atoms with Gasteiger partial charge in [0.25, 0.3) is 0 Å². The minimum absolute atomic E-state index is 0.108. The van der Waals surface area contributed by atoms with Gasteiger partial charge in [-0.15, -0.1) is 0 Å². The van der Waals surface area contributed by atoms with E-state index in [-0.39, 0.29) is 17.6 Å². The molecular formula is C51H32N4O. The van der Waals surface area contributed by atoms with Crippen LogP contribution in [-0.4, -0.2) is 19.5 Å². The topological polar surface area (TPSA) is 56.7 Å². The lowest BCUT2D eigenvalue weighted by Gasteiger charge is -2.10. The largest absolute Gasteiger partial charge is 0.455 e. The molecule has 0 unspecified atom stereocenters. The molecule has 11 rings (SSSR count). The molecule has 0 radical (unpaired) electrons. The van der Waals surface area contributed by atoms with Crippen molar-refractivity contribution in [2.24, 2.45) is 0 Å². The summed E-state index contributed by atoms with van der Waals surface area (Å²) in [5.74, 6) is 1.26. The summed E-state index contributed by atoms with van der Waals surface area (Å²) in [6, 6.07) is 52.7. The Morgan fingerprint density at radius 1 is 0.429 bits per heavy atom. The van der Waals surface area contributed by atoms with Crippen LogP contribution in [0.1, 0.15) is 6.85 Å². The minimum atomic E-state index is -0.439. The van der Waals surface area contributed by atoms with Crippen LogP contribution in [0.3, 0.4) is 0 Å². The van der Waals surface area contributed by atoms with E-state index >= 15 is 0 Å². The van der Waals surface area contributed by atoms with Crippen molar-refractivity contribution < 1.29 is 11.3 Å². The summed E-state index contributed by atoms with van der Waals surface area (Å²) in [4.78, 5) is 15.1. The molecule has 0 aliphatic carbocycles. The van der Waals surface area contributed by atoms with Crippen LogP contribution in [0.5, 0.6) is 0 Å². The van der Waals surface area contributed by atoms with Gasteiger partial charge in [-0.2, -0.15) is 0 Å². The van der Waals surface area contributed by atoms with E-state index in [1.165, 1.54) is 5.39 Å². The van der Waals surface area contributed by atoms with E-state index in [1.807, 2.05) is 60.7 Å². The van der Waals surface area contributed by atoms with Crippen LogP contribution in [0.2, 0.25) is 0 Å². The van der Waals surface area contributed by atoms with Crippen LogP contribution in [0, 0.1) is 0 Å². The van der Waals surface area contributed by atoms with Crippen molar-refractivity contribution in [2.45, 2.75) is 0 Å². The van der Waals surface area contributed by atoms with Crippen molar-refractivity contribution in [1.82, 2.24) is 19.5 Å². The Morgan fingerprint density at radius 3 is 1.93 bits per heavy atom. The fourth-order valence-electron chi connectivity index (χ4n) is 7.81. The normalized spacial score (nSPS) is 12.8. The van der Waals surface area contributed by atoms with Crippen molar-refractivity contribution in [3.05, 3.63) is 194 Å². The van der Waals surface area contributed by atoms with Crippen molar-refractivity contribution >= 4 is 43.7 Å². The molecule has 0 amide bonds. The van der Waals surface area contributed by atoms with Gasteiger partial charge in [0.15, 0.2) is 17.5 Å². The predicted molar refractivity (Wildman–Crippen MR) is 229 cm³/mol. The lowest BCUT2D eigenvalue weighted by Crippen LogP contribution is -2.00. The molecule has 3 heterocycles. The standard InChI is InChI=1S/C51H32N4O/c1-4-15-33(16-5-1)35-19-12-20-37(31-35)50-52-49(34-17-6-2-7-18-34)53-51(54-50)42-26-14-28-46-47(42)41-25-13-24-39(48(41)56-46)36-29-30-45-43(32-36)40-23-10-11-27-44(40)55(45)38-21-8-3-9-22-38/h1-32H/i1D,4D,5D,15D,16D. The van der Waals surface area contributed by atoms with Crippen LogP contribution in [0.25, 0.3) is 106 Å². The van der Waals surface area contributed by atoms with E-state index in [0.29, 0.717) is 34.2 Å². The molecule has 0 atom stereocenters. The summed E-state index contributed by atoms with van der Waals surface area (Å²) >= 11 is 0. The number of benzene rings is 8. The van der Waals surface area contributed by atoms with E-state index in [1.54, 1.807) is 18.2 Å². The Morgan fingerprint density at radius 2 is 1.07 bits per heavy atom. The second kappa shape index (κ2) is 13.0. The highest BCUT2D eigenvalue weighted by molar-refractivity contribution is 6.16. The zero-order valence-corrected chi connectivity index (χ0v) is 29.8. The van der Waals surface area contributed by atoms with Gasteiger partial charge in [0.05, 0.1) is 17.9 Å². The second-order valence-corrected chi connectivity index (χ2v) is 13.6. The fourth-order valence-corrected chi connectivity index (χ4v) is 7.81. The highest BCUT2D eigenvalue weighted by atomic mass is 16.3. The van der Waals surface area contributed by atoms with E-state index in [9.17, 15) is 0 Å². The van der Waals surface area contributed by atoms with E-state index in [0.717, 1.165) is 60.7 Å². The minimum Gasteiger partial charge on any atom is -0.455 e. The van der Waals surface area contributed by atoms with E-state index in [2.05, 4.69) is 89.5 Å². The van der Waals surface area contributed by atoms with Gasteiger partial charge >= 0.3 is 0 Å². The molecule has 3 aromatic heterocycles. The van der Waals surface area contributed by atoms with Gasteiger partial charge in [0.1, 0.15) is 11.2 Å². The third-order valence-electron chi connectivity index (χ3n) is 10.3. The summed E-state index contributed by atoms with van der Waals surface area (Å²) < 4.78 is 50.9. The number of hydrogen-bond donors (Lipinski definition) is 0. The van der Waals surface area contributed by atoms with Gasteiger partial charge in [0.2, 0.25) is 0 Å². The van der Waals surface area contributed by atoms with Gasteiger partial charge < -0.3 is 8.98 Å². The van der Waals surface area contributed by atoms with Crippen LogP contribution in [0.15, 0.2) is 198 Å². The van der Waals surface area contributed by atoms with Gasteiger partial charge in [-0.1, -0.05) is 152 Å². The highest BCUT2D eigenvalue weighted by Crippen LogP contribution is 2.42. The Bertz CT molecular complexity index is 3520. The third-order valence-corrected chi connectivity index (χ3v) is 10.3. The number of fused-ring (bicyclic) bond motifs is 6. The molecule has 5 heteroatoms. The maximum absolute atomic E-state index is 8.62. The molecule has 0 spiro atoms. The molecular weight excluding hydrogens is 685 g/mol. The first-order chi connectivity index (χ1) is 29.8. The van der Waals surface area contributed by atoms with Gasteiger partial charge in [-0.25, -0.2) is 15.0 Å². The number of para-hydroxylation sites is 3. The average Bonchev–Trinajstić information content (AvgIpc) is 3.87. The van der Waals surface area contributed by atoms with Crippen molar-refractivity contribution in [3.8, 4) is 62.1 Å². The van der Waals surface area contributed by atoms with Crippen molar-refractivity contribution in [2.75, 3.05) is 0 Å². The molecule has 11 aromatic rings. The SMILES string of the molecule is [2H]c1c([2H])c([2H])c(-c2cccc(-c3nc(-c4ccccc4)nc(-c4cccc5oc6c(-c7ccc8c(c7)c7ccccc7n8-c7ccccc7)cccc6c45)n3)c2)c([2H])c1[2H]. The summed E-state index contributed by atoms with van der Waals surface area (Å²) in [6.45, 7) is 0. The molecule has 0 fully saturated rings. The van der Waals surface area contributed by atoms with E-state index < -0.39 is 18.1 Å². The van der Waals surface area contributed by atoms with Crippen molar-refractivity contribution in [1.29, 1.82) is 0 Å². The number of aromatic nitrogens is 4. The number of furan rings is 1. The van der Waals surface area contributed by atoms with Gasteiger partial charge in [-0.05, 0) is 59.2 Å². The Hall–Kier alpha value is -7.63. The number of nitrogens with zero attached hydrogens (tertiary/aromatic N) is 4. The molecule has 5 nitrogen and oxygen atoms in total. The molecule has 56 heavy (non-hydrogen) atoms. The Balaban J connectivity index is 1.09. The molecule has 0 N–H and O–H groups in total. The van der Waals surface area contributed by atoms with Gasteiger partial charge in [-0.3, -0.25) is 0 Å². The molecule has 262 valence electrons. The maximum atomic E-state index is 8.62. The van der Waals surface area contributed by atoms with E-state index in [4.69, 9.17) is 26.2 Å². The van der Waals surface area contributed by atoms with Crippen LogP contribution in [0.4, 0.5) is 0 Å². The molecule has 0 aliphatic rings. The first kappa shape index (κ1) is 27.0. The molecule has 8 aromatic carbocycles. The zero-order chi connectivity index (χ0) is 41.4. The van der Waals surface area contributed by atoms with Crippen LogP contribution >= 0.6 is 0 Å². The summed E-state index contributed by atoms with van der Waals surface area (Å²) in [5.41, 5.74) is 9.51. The molecule has 0 bridgehead atoms. The van der Waals surface area contributed by atoms with Crippen LogP contribution in [-0.2, 0) is 0 Å². The molecule has 0 saturated carbocycles. The first-order valence-electron chi connectivity index (χ1n) is 20.9. The zero-order valence-electron chi connectivity index (χ0n) is 34.8. The summed E-state index contributed by atoms with van der Waals surface area (Å²) in [5, 5.41) is 4.10. The lowest BCUT2D eigenvalue weighted by atomic mass is 9.99. The van der Waals surface area contributed by atoms with Gasteiger partial charge in [0, 0.05) is 49.5 Å². The maximum Gasteiger partial charge on any atom is 0.164 e. The average molecular weight is 722 g/mol.